The Morgan fingerprint density at radius 1 is 1.18 bits per heavy atom. The molecule has 2 aromatic rings. The van der Waals surface area contributed by atoms with Gasteiger partial charge in [-0.15, -0.1) is 0 Å². The maximum Gasteiger partial charge on any atom is 0.285 e. The van der Waals surface area contributed by atoms with Crippen LogP contribution in [0.3, 0.4) is 0 Å². The van der Waals surface area contributed by atoms with E-state index >= 15 is 0 Å². The van der Waals surface area contributed by atoms with Gasteiger partial charge in [0.25, 0.3) is 11.8 Å². The number of rotatable bonds is 5. The molecule has 0 aromatic heterocycles. The van der Waals surface area contributed by atoms with Crippen LogP contribution < -0.4 is 14.9 Å². The minimum atomic E-state index is -0.644. The monoisotopic (exact) mass is 416 g/mol. The van der Waals surface area contributed by atoms with Gasteiger partial charge in [-0.2, -0.15) is 5.01 Å². The molecule has 1 saturated heterocycles. The van der Waals surface area contributed by atoms with Crippen LogP contribution in [-0.4, -0.2) is 40.5 Å². The number of phenolic OH excluding ortho intramolecular Hbond substituents is 1. The van der Waals surface area contributed by atoms with Crippen molar-refractivity contribution in [2.45, 2.75) is 0 Å². The van der Waals surface area contributed by atoms with Crippen LogP contribution in [0, 0.1) is 0 Å². The van der Waals surface area contributed by atoms with E-state index in [9.17, 15) is 14.7 Å². The summed E-state index contributed by atoms with van der Waals surface area (Å²) in [6.07, 6.45) is 1.62. The number of nitrogens with one attached hydrogen (secondary N) is 1. The molecule has 2 N–H and O–H groups in total. The lowest BCUT2D eigenvalue weighted by atomic mass is 10.1. The van der Waals surface area contributed by atoms with E-state index in [2.05, 4.69) is 5.43 Å². The highest BCUT2D eigenvalue weighted by molar-refractivity contribution is 8.26. The summed E-state index contributed by atoms with van der Waals surface area (Å²) < 4.78 is 10.8. The Hall–Kier alpha value is -3.04. The summed E-state index contributed by atoms with van der Waals surface area (Å²) in [4.78, 5) is 25.4. The van der Waals surface area contributed by atoms with Crippen LogP contribution in [0.5, 0.6) is 17.2 Å². The van der Waals surface area contributed by atoms with Crippen LogP contribution in [0.2, 0.25) is 0 Å². The second-order valence-electron chi connectivity index (χ2n) is 5.56. The van der Waals surface area contributed by atoms with Crippen LogP contribution in [-0.2, 0) is 4.79 Å². The van der Waals surface area contributed by atoms with Gasteiger partial charge in [-0.05, 0) is 36.5 Å². The predicted molar refractivity (Wildman–Crippen MR) is 110 cm³/mol. The zero-order chi connectivity index (χ0) is 20.3. The molecule has 1 fully saturated rings. The van der Waals surface area contributed by atoms with Gasteiger partial charge in [-0.3, -0.25) is 15.0 Å². The van der Waals surface area contributed by atoms with Crippen LogP contribution in [0.25, 0.3) is 6.08 Å². The first-order chi connectivity index (χ1) is 13.5. The molecule has 28 heavy (non-hydrogen) atoms. The molecule has 1 aliphatic rings. The Bertz CT molecular complexity index is 990. The van der Waals surface area contributed by atoms with E-state index < -0.39 is 11.8 Å². The second kappa shape index (κ2) is 8.32. The summed E-state index contributed by atoms with van der Waals surface area (Å²) in [6, 6.07) is 11.3. The summed E-state index contributed by atoms with van der Waals surface area (Å²) in [6.45, 7) is 0. The summed E-state index contributed by atoms with van der Waals surface area (Å²) in [7, 11) is 3.03. The normalized spacial score (nSPS) is 15.1. The minimum Gasteiger partial charge on any atom is -0.507 e. The first-order valence-electron chi connectivity index (χ1n) is 8.04. The third-order valence-corrected chi connectivity index (χ3v) is 5.18. The SMILES string of the molecule is COc1cccc(/C=C2\SC(=S)N(NC(=O)c3ccccc3O)C2=O)c1OC. The Morgan fingerprint density at radius 2 is 1.93 bits per heavy atom. The number of hydrogen-bond donors (Lipinski definition) is 2. The third-order valence-electron chi connectivity index (χ3n) is 3.88. The fourth-order valence-corrected chi connectivity index (χ4v) is 3.73. The number of carbonyl (C=O) groups excluding carboxylic acids is 2. The molecule has 0 bridgehead atoms. The van der Waals surface area contributed by atoms with Gasteiger partial charge in [-0.1, -0.05) is 36.0 Å². The zero-order valence-electron chi connectivity index (χ0n) is 15.0. The predicted octanol–water partition coefficient (Wildman–Crippen LogP) is 2.96. The highest BCUT2D eigenvalue weighted by Crippen LogP contribution is 2.36. The molecule has 0 saturated carbocycles. The summed E-state index contributed by atoms with van der Waals surface area (Å²) in [5, 5.41) is 10.8. The van der Waals surface area contributed by atoms with E-state index in [1.54, 1.807) is 36.4 Å². The average Bonchev–Trinajstić information content (AvgIpc) is 2.95. The van der Waals surface area contributed by atoms with Gasteiger partial charge in [0.15, 0.2) is 15.8 Å². The molecular formula is C19H16N2O5S2. The van der Waals surface area contributed by atoms with Crippen molar-refractivity contribution in [3.05, 3.63) is 58.5 Å². The fraction of sp³-hybridized carbons (Fsp3) is 0.105. The molecule has 0 unspecified atom stereocenters. The summed E-state index contributed by atoms with van der Waals surface area (Å²) >= 11 is 6.26. The lowest BCUT2D eigenvalue weighted by Crippen LogP contribution is -2.44. The topological polar surface area (TPSA) is 88.1 Å². The van der Waals surface area contributed by atoms with Crippen molar-refractivity contribution in [3.63, 3.8) is 0 Å². The number of thiocarbonyl (C=S) groups is 1. The van der Waals surface area contributed by atoms with E-state index in [0.717, 1.165) is 16.8 Å². The van der Waals surface area contributed by atoms with Crippen molar-refractivity contribution in [2.24, 2.45) is 0 Å². The number of hydrazine groups is 1. The Morgan fingerprint density at radius 3 is 2.61 bits per heavy atom. The van der Waals surface area contributed by atoms with Crippen molar-refractivity contribution < 1.29 is 24.2 Å². The number of benzene rings is 2. The van der Waals surface area contributed by atoms with E-state index in [1.165, 1.54) is 26.4 Å². The van der Waals surface area contributed by atoms with E-state index in [1.807, 2.05) is 0 Å². The highest BCUT2D eigenvalue weighted by atomic mass is 32.2. The maximum atomic E-state index is 12.7. The van der Waals surface area contributed by atoms with Crippen molar-refractivity contribution in [1.29, 1.82) is 0 Å². The first kappa shape index (κ1) is 19.7. The molecule has 2 aromatic carbocycles. The molecular weight excluding hydrogens is 400 g/mol. The lowest BCUT2D eigenvalue weighted by molar-refractivity contribution is -0.123. The number of nitrogens with zero attached hydrogens (tertiary/aromatic N) is 1. The quantitative estimate of drug-likeness (QED) is 0.572. The number of para-hydroxylation sites is 2. The Labute approximate surface area is 170 Å². The van der Waals surface area contributed by atoms with Gasteiger partial charge in [0.05, 0.1) is 24.7 Å². The van der Waals surface area contributed by atoms with Crippen molar-refractivity contribution >= 4 is 46.2 Å². The first-order valence-corrected chi connectivity index (χ1v) is 9.26. The molecule has 1 aliphatic heterocycles. The largest absolute Gasteiger partial charge is 0.507 e. The molecule has 0 radical (unpaired) electrons. The molecule has 1 heterocycles. The molecule has 0 aliphatic carbocycles. The number of phenols is 1. The molecule has 9 heteroatoms. The van der Waals surface area contributed by atoms with Crippen LogP contribution in [0.4, 0.5) is 0 Å². The van der Waals surface area contributed by atoms with Gasteiger partial charge >= 0.3 is 0 Å². The Balaban J connectivity index is 1.85. The average molecular weight is 416 g/mol. The zero-order valence-corrected chi connectivity index (χ0v) is 16.6. The standard InChI is InChI=1S/C19H16N2O5S2/c1-25-14-9-5-6-11(16(14)26-2)10-15-18(24)21(19(27)28-15)20-17(23)12-7-3-4-8-13(12)22/h3-10,22H,1-2H3,(H,20,23)/b15-10-. The van der Waals surface area contributed by atoms with E-state index in [0.29, 0.717) is 22.0 Å². The molecule has 2 amide bonds. The summed E-state index contributed by atoms with van der Waals surface area (Å²) in [5.74, 6) is -0.312. The second-order valence-corrected chi connectivity index (χ2v) is 7.23. The van der Waals surface area contributed by atoms with E-state index in [-0.39, 0.29) is 15.6 Å². The molecule has 0 atom stereocenters. The van der Waals surface area contributed by atoms with Crippen molar-refractivity contribution in [2.75, 3.05) is 14.2 Å². The number of aromatic hydroxyl groups is 1. The minimum absolute atomic E-state index is 0.0370. The Kier molecular flexibility index (Phi) is 5.86. The smallest absolute Gasteiger partial charge is 0.285 e. The van der Waals surface area contributed by atoms with Gasteiger partial charge in [0.2, 0.25) is 0 Å². The third kappa shape index (κ3) is 3.80. The molecule has 3 rings (SSSR count). The van der Waals surface area contributed by atoms with Gasteiger partial charge in [0.1, 0.15) is 5.75 Å². The molecule has 144 valence electrons. The number of amides is 2. The van der Waals surface area contributed by atoms with Gasteiger partial charge < -0.3 is 14.6 Å². The van der Waals surface area contributed by atoms with Crippen LogP contribution >= 0.6 is 24.0 Å². The number of ether oxygens (including phenoxy) is 2. The van der Waals surface area contributed by atoms with Crippen molar-refractivity contribution in [1.82, 2.24) is 10.4 Å². The number of thioether (sulfide) groups is 1. The number of hydrogen-bond acceptors (Lipinski definition) is 7. The lowest BCUT2D eigenvalue weighted by Gasteiger charge is -2.16. The van der Waals surface area contributed by atoms with Gasteiger partial charge in [-0.25, -0.2) is 0 Å². The highest BCUT2D eigenvalue weighted by Gasteiger charge is 2.34. The number of methoxy groups -OCH3 is 2. The maximum absolute atomic E-state index is 12.7. The fourth-order valence-electron chi connectivity index (χ4n) is 2.56. The van der Waals surface area contributed by atoms with Crippen LogP contribution in [0.1, 0.15) is 15.9 Å². The van der Waals surface area contributed by atoms with Crippen LogP contribution in [0.15, 0.2) is 47.4 Å². The molecule has 0 spiro atoms. The van der Waals surface area contributed by atoms with E-state index in [4.69, 9.17) is 21.7 Å². The number of carbonyl (C=O) groups is 2. The van der Waals surface area contributed by atoms with Crippen molar-refractivity contribution in [3.8, 4) is 17.2 Å². The van der Waals surface area contributed by atoms with Gasteiger partial charge in [0, 0.05) is 5.56 Å². The summed E-state index contributed by atoms with van der Waals surface area (Å²) in [5.41, 5.74) is 3.10. The molecule has 7 nitrogen and oxygen atoms in total.